The molecule has 2 aromatic heterocycles. The van der Waals surface area contributed by atoms with Crippen molar-refractivity contribution in [3.05, 3.63) is 42.4 Å². The van der Waals surface area contributed by atoms with Gasteiger partial charge in [-0.05, 0) is 37.1 Å². The Morgan fingerprint density at radius 3 is 3.03 bits per heavy atom. The number of pyridine rings is 2. The van der Waals surface area contributed by atoms with E-state index in [1.54, 1.807) is 12.4 Å². The number of rotatable bonds is 4. The fourth-order valence-electron chi connectivity index (χ4n) is 4.39. The standard InChI is InChI=1S/C21H25N7O/c1-2-9-27-13-15(11-23-27)18-5-6-19-20(25-18)28(17-7-10-26(19)14-17)21(29)24-16-4-3-8-22-12-16/h3-6,8,11-12,15,17H,2,7,9-10,13-14H2,1H3,(H,24,29)/t15?,17-/m0/s1. The maximum Gasteiger partial charge on any atom is 0.327 e. The van der Waals surface area contributed by atoms with Crippen LogP contribution in [0.4, 0.5) is 22.0 Å². The van der Waals surface area contributed by atoms with Gasteiger partial charge in [0.2, 0.25) is 0 Å². The molecule has 0 radical (unpaired) electrons. The second-order valence-electron chi connectivity index (χ2n) is 7.79. The summed E-state index contributed by atoms with van der Waals surface area (Å²) in [5.74, 6) is 0.907. The zero-order chi connectivity index (χ0) is 19.8. The highest BCUT2D eigenvalue weighted by Crippen LogP contribution is 2.40. The Labute approximate surface area is 170 Å². The number of aromatic nitrogens is 2. The summed E-state index contributed by atoms with van der Waals surface area (Å²) in [7, 11) is 0. The van der Waals surface area contributed by atoms with Crippen LogP contribution in [0.15, 0.2) is 41.8 Å². The number of urea groups is 1. The maximum atomic E-state index is 13.2. The second kappa shape index (κ2) is 7.35. The van der Waals surface area contributed by atoms with Gasteiger partial charge >= 0.3 is 6.03 Å². The van der Waals surface area contributed by atoms with Gasteiger partial charge in [-0.3, -0.25) is 14.9 Å². The SMILES string of the molecule is CCCN1CC(c2ccc3c(n2)N(C(=O)Nc2cccnc2)[C@H]2CCN3C2)C=N1. The van der Waals surface area contributed by atoms with Crippen LogP contribution in [0.2, 0.25) is 0 Å². The Morgan fingerprint density at radius 2 is 2.21 bits per heavy atom. The first-order valence-electron chi connectivity index (χ1n) is 10.3. The molecule has 0 saturated carbocycles. The number of nitrogens with one attached hydrogen (secondary N) is 1. The first-order chi connectivity index (χ1) is 14.2. The van der Waals surface area contributed by atoms with Gasteiger partial charge < -0.3 is 10.2 Å². The van der Waals surface area contributed by atoms with Crippen molar-refractivity contribution >= 4 is 29.4 Å². The topological polar surface area (TPSA) is 77.0 Å². The minimum atomic E-state index is -0.150. The van der Waals surface area contributed by atoms with Gasteiger partial charge in [-0.25, -0.2) is 9.78 Å². The van der Waals surface area contributed by atoms with Crippen LogP contribution in [0.25, 0.3) is 0 Å². The third-order valence-corrected chi connectivity index (χ3v) is 5.78. The Kier molecular flexibility index (Phi) is 4.54. The van der Waals surface area contributed by atoms with Gasteiger partial charge in [0.05, 0.1) is 35.2 Å². The van der Waals surface area contributed by atoms with Gasteiger partial charge in [0.25, 0.3) is 0 Å². The molecule has 1 fully saturated rings. The highest BCUT2D eigenvalue weighted by molar-refractivity contribution is 6.04. The molecule has 5 heterocycles. The summed E-state index contributed by atoms with van der Waals surface area (Å²) in [6, 6.07) is 7.84. The quantitative estimate of drug-likeness (QED) is 0.867. The number of hydrogen-bond acceptors (Lipinski definition) is 6. The van der Waals surface area contributed by atoms with E-state index in [1.807, 2.05) is 23.2 Å². The molecular formula is C21H25N7O. The van der Waals surface area contributed by atoms with Crippen molar-refractivity contribution in [3.63, 3.8) is 0 Å². The monoisotopic (exact) mass is 391 g/mol. The number of nitrogens with zero attached hydrogens (tertiary/aromatic N) is 6. The van der Waals surface area contributed by atoms with E-state index < -0.39 is 0 Å². The first-order valence-corrected chi connectivity index (χ1v) is 10.3. The number of carbonyl (C=O) groups is 1. The number of fused-ring (bicyclic) bond motifs is 4. The average Bonchev–Trinajstić information content (AvgIpc) is 3.37. The van der Waals surface area contributed by atoms with Crippen molar-refractivity contribution in [3.8, 4) is 0 Å². The predicted octanol–water partition coefficient (Wildman–Crippen LogP) is 2.90. The average molecular weight is 391 g/mol. The van der Waals surface area contributed by atoms with E-state index >= 15 is 0 Å². The fraction of sp³-hybridized carbons (Fsp3) is 0.429. The van der Waals surface area contributed by atoms with Crippen LogP contribution in [0.1, 0.15) is 31.4 Å². The highest BCUT2D eigenvalue weighted by Gasteiger charge is 2.40. The van der Waals surface area contributed by atoms with Crippen LogP contribution < -0.4 is 15.1 Å². The molecule has 8 nitrogen and oxygen atoms in total. The lowest BCUT2D eigenvalue weighted by Gasteiger charge is -2.36. The van der Waals surface area contributed by atoms with Crippen LogP contribution in [0.3, 0.4) is 0 Å². The third kappa shape index (κ3) is 3.28. The van der Waals surface area contributed by atoms with E-state index in [4.69, 9.17) is 4.98 Å². The van der Waals surface area contributed by atoms with Gasteiger partial charge in [0, 0.05) is 38.6 Å². The summed E-state index contributed by atoms with van der Waals surface area (Å²) in [4.78, 5) is 26.4. The van der Waals surface area contributed by atoms with Crippen molar-refractivity contribution < 1.29 is 4.79 Å². The van der Waals surface area contributed by atoms with Gasteiger partial charge in [-0.1, -0.05) is 6.92 Å². The molecule has 3 aliphatic heterocycles. The summed E-state index contributed by atoms with van der Waals surface area (Å²) in [5.41, 5.74) is 2.69. The molecule has 2 aromatic rings. The summed E-state index contributed by atoms with van der Waals surface area (Å²) >= 11 is 0. The van der Waals surface area contributed by atoms with Crippen LogP contribution in [0.5, 0.6) is 0 Å². The first kappa shape index (κ1) is 17.9. The Morgan fingerprint density at radius 1 is 1.28 bits per heavy atom. The molecule has 1 saturated heterocycles. The van der Waals surface area contributed by atoms with Crippen molar-refractivity contribution in [2.24, 2.45) is 5.10 Å². The van der Waals surface area contributed by atoms with Crippen molar-refractivity contribution in [1.29, 1.82) is 0 Å². The summed E-state index contributed by atoms with van der Waals surface area (Å²) < 4.78 is 0. The zero-order valence-electron chi connectivity index (χ0n) is 16.5. The van der Waals surface area contributed by atoms with E-state index in [-0.39, 0.29) is 18.0 Å². The van der Waals surface area contributed by atoms with Crippen LogP contribution in [0, 0.1) is 0 Å². The van der Waals surface area contributed by atoms with Crippen molar-refractivity contribution in [2.45, 2.75) is 31.7 Å². The molecule has 1 N–H and O–H groups in total. The minimum Gasteiger partial charge on any atom is -0.366 e. The van der Waals surface area contributed by atoms with Gasteiger partial charge in [-0.15, -0.1) is 0 Å². The molecule has 2 atom stereocenters. The highest BCUT2D eigenvalue weighted by atomic mass is 16.2. The molecule has 5 rings (SSSR count). The lowest BCUT2D eigenvalue weighted by atomic mass is 10.1. The van der Waals surface area contributed by atoms with Crippen molar-refractivity contribution in [2.75, 3.05) is 41.3 Å². The third-order valence-electron chi connectivity index (χ3n) is 5.78. The fourth-order valence-corrected chi connectivity index (χ4v) is 4.39. The van der Waals surface area contributed by atoms with Gasteiger partial charge in [0.1, 0.15) is 0 Å². The van der Waals surface area contributed by atoms with E-state index in [0.29, 0.717) is 5.69 Å². The molecule has 1 unspecified atom stereocenters. The molecule has 150 valence electrons. The van der Waals surface area contributed by atoms with Gasteiger partial charge in [0.15, 0.2) is 5.82 Å². The number of hydrogen-bond donors (Lipinski definition) is 1. The molecule has 2 amide bonds. The molecule has 8 heteroatoms. The predicted molar refractivity (Wildman–Crippen MR) is 114 cm³/mol. The van der Waals surface area contributed by atoms with E-state index in [9.17, 15) is 4.79 Å². The lowest BCUT2D eigenvalue weighted by molar-refractivity contribution is 0.255. The lowest BCUT2D eigenvalue weighted by Crippen LogP contribution is -2.48. The molecule has 2 bridgehead atoms. The Hall–Kier alpha value is -3.16. The molecule has 0 aliphatic carbocycles. The Balaban J connectivity index is 1.44. The second-order valence-corrected chi connectivity index (χ2v) is 7.79. The van der Waals surface area contributed by atoms with E-state index in [1.165, 1.54) is 0 Å². The van der Waals surface area contributed by atoms with Crippen molar-refractivity contribution in [1.82, 2.24) is 15.0 Å². The Bertz CT molecular complexity index is 932. The smallest absolute Gasteiger partial charge is 0.327 e. The summed E-state index contributed by atoms with van der Waals surface area (Å²) in [6.45, 7) is 5.75. The molecular weight excluding hydrogens is 366 g/mol. The normalized spacial score (nSPS) is 22.2. The summed E-state index contributed by atoms with van der Waals surface area (Å²) in [6.07, 6.45) is 7.34. The summed E-state index contributed by atoms with van der Waals surface area (Å²) in [5, 5.41) is 9.57. The maximum absolute atomic E-state index is 13.2. The molecule has 0 spiro atoms. The number of hydrazone groups is 1. The number of carbonyl (C=O) groups excluding carboxylic acids is 1. The van der Waals surface area contributed by atoms with E-state index in [0.717, 1.165) is 56.2 Å². The van der Waals surface area contributed by atoms with E-state index in [2.05, 4.69) is 44.4 Å². The van der Waals surface area contributed by atoms with Crippen LogP contribution >= 0.6 is 0 Å². The molecule has 3 aliphatic rings. The van der Waals surface area contributed by atoms with Crippen LogP contribution in [-0.2, 0) is 0 Å². The number of anilines is 3. The molecule has 0 aromatic carbocycles. The minimum absolute atomic E-state index is 0.135. The van der Waals surface area contributed by atoms with Gasteiger partial charge in [-0.2, -0.15) is 5.10 Å². The molecule has 29 heavy (non-hydrogen) atoms. The largest absolute Gasteiger partial charge is 0.366 e. The zero-order valence-corrected chi connectivity index (χ0v) is 16.5. The number of amides is 2. The van der Waals surface area contributed by atoms with Crippen LogP contribution in [-0.4, -0.2) is 59.4 Å².